The third-order valence-corrected chi connectivity index (χ3v) is 7.76. The molecule has 0 radical (unpaired) electrons. The molecule has 2 aromatic carbocycles. The molecule has 2 aromatic rings. The highest BCUT2D eigenvalue weighted by atomic mass is 32.2. The van der Waals surface area contributed by atoms with Gasteiger partial charge in [0.2, 0.25) is 0 Å². The third kappa shape index (κ3) is 6.09. The lowest BCUT2D eigenvalue weighted by Gasteiger charge is -2.37. The number of ether oxygens (including phenoxy) is 2. The van der Waals surface area contributed by atoms with Crippen molar-refractivity contribution in [2.75, 3.05) is 61.1 Å². The van der Waals surface area contributed by atoms with Crippen LogP contribution < -0.4 is 25.3 Å². The molecule has 3 fully saturated rings. The number of halogens is 1. The number of anilines is 3. The summed E-state index contributed by atoms with van der Waals surface area (Å²) in [6.07, 6.45) is 0.0456. The monoisotopic (exact) mass is 571 g/mol. The van der Waals surface area contributed by atoms with Crippen LogP contribution in [-0.2, 0) is 14.3 Å². The summed E-state index contributed by atoms with van der Waals surface area (Å²) in [5.41, 5.74) is 2.83. The fourth-order valence-corrected chi connectivity index (χ4v) is 5.63. The van der Waals surface area contributed by atoms with Crippen LogP contribution in [0.5, 0.6) is 0 Å². The smallest absolute Gasteiger partial charge is 0.414 e. The Morgan fingerprint density at radius 2 is 1.85 bits per heavy atom. The van der Waals surface area contributed by atoms with Crippen LogP contribution in [0.4, 0.5) is 31.0 Å². The number of piperazine rings is 1. The molecule has 3 saturated heterocycles. The van der Waals surface area contributed by atoms with E-state index in [0.29, 0.717) is 46.8 Å². The van der Waals surface area contributed by atoms with E-state index in [-0.39, 0.29) is 19.0 Å². The van der Waals surface area contributed by atoms with Gasteiger partial charge in [-0.1, -0.05) is 36.1 Å². The van der Waals surface area contributed by atoms with Gasteiger partial charge in [-0.15, -0.1) is 0 Å². The van der Waals surface area contributed by atoms with Crippen LogP contribution in [-0.4, -0.2) is 74.9 Å². The van der Waals surface area contributed by atoms with Crippen LogP contribution in [0.25, 0.3) is 6.08 Å². The van der Waals surface area contributed by atoms with E-state index in [1.165, 1.54) is 29.8 Å². The van der Waals surface area contributed by atoms with Gasteiger partial charge in [0, 0.05) is 31.9 Å². The number of thioether (sulfide) groups is 1. The van der Waals surface area contributed by atoms with E-state index in [9.17, 15) is 14.4 Å². The zero-order chi connectivity index (χ0) is 27.5. The number of benzene rings is 2. The van der Waals surface area contributed by atoms with Gasteiger partial charge in [0.15, 0.2) is 0 Å². The quantitative estimate of drug-likeness (QED) is 0.399. The van der Waals surface area contributed by atoms with E-state index in [1.807, 2.05) is 35.2 Å². The Kier molecular flexibility index (Phi) is 7.89. The zero-order valence-corrected chi connectivity index (χ0v) is 22.6. The maximum absolute atomic E-state index is 15.1. The molecule has 3 aliphatic rings. The van der Waals surface area contributed by atoms with Gasteiger partial charge < -0.3 is 29.9 Å². The van der Waals surface area contributed by atoms with Gasteiger partial charge in [-0.3, -0.25) is 9.69 Å². The summed E-state index contributed by atoms with van der Waals surface area (Å²) in [5.74, 6) is -0.599. The van der Waals surface area contributed by atoms with Crippen LogP contribution in [0.1, 0.15) is 5.56 Å². The Hall–Kier alpha value is -3.84. The lowest BCUT2D eigenvalue weighted by Crippen LogP contribution is -2.46. The predicted molar refractivity (Wildman–Crippen MR) is 152 cm³/mol. The second kappa shape index (κ2) is 11.5. The van der Waals surface area contributed by atoms with E-state index in [1.54, 1.807) is 12.1 Å². The Bertz CT molecular complexity index is 1330. The normalized spacial score (nSPS) is 20.4. The molecule has 5 rings (SSSR count). The Morgan fingerprint density at radius 3 is 2.49 bits per heavy atom. The number of carbonyl (C=O) groups excluding carboxylic acids is 3. The van der Waals surface area contributed by atoms with E-state index in [4.69, 9.17) is 17.0 Å². The zero-order valence-electron chi connectivity index (χ0n) is 21.0. The second-order valence-electron chi connectivity index (χ2n) is 9.04. The van der Waals surface area contributed by atoms with E-state index in [2.05, 4.69) is 20.3 Å². The summed E-state index contributed by atoms with van der Waals surface area (Å²) in [6.45, 7) is 2.97. The van der Waals surface area contributed by atoms with Crippen molar-refractivity contribution < 1.29 is 28.2 Å². The van der Waals surface area contributed by atoms with Crippen molar-refractivity contribution in [2.45, 2.75) is 6.10 Å². The molecule has 0 spiro atoms. The first-order valence-electron chi connectivity index (χ1n) is 12.2. The van der Waals surface area contributed by atoms with Gasteiger partial charge in [0.25, 0.3) is 5.91 Å². The number of hydrogen-bond acceptors (Lipinski definition) is 9. The molecular formula is C26H26FN5O5S2. The van der Waals surface area contributed by atoms with Crippen molar-refractivity contribution in [3.63, 3.8) is 0 Å². The number of rotatable bonds is 6. The molecule has 13 heteroatoms. The lowest BCUT2D eigenvalue weighted by molar-refractivity contribution is -0.115. The minimum absolute atomic E-state index is 0.102. The third-order valence-electron chi connectivity index (χ3n) is 6.59. The number of methoxy groups -OCH3 is 1. The maximum Gasteiger partial charge on any atom is 0.414 e. The number of carbonyl (C=O) groups is 3. The maximum atomic E-state index is 15.1. The van der Waals surface area contributed by atoms with Crippen molar-refractivity contribution in [2.24, 2.45) is 0 Å². The van der Waals surface area contributed by atoms with Gasteiger partial charge in [0.1, 0.15) is 16.2 Å². The molecule has 0 aromatic heterocycles. The van der Waals surface area contributed by atoms with Crippen molar-refractivity contribution in [3.05, 3.63) is 58.8 Å². The summed E-state index contributed by atoms with van der Waals surface area (Å²) < 4.78 is 25.4. The molecular weight excluding hydrogens is 545 g/mol. The highest BCUT2D eigenvalue weighted by Crippen LogP contribution is 2.30. The number of alkyl carbamates (subject to hydrolysis) is 1. The molecule has 3 heterocycles. The van der Waals surface area contributed by atoms with E-state index in [0.717, 1.165) is 11.3 Å². The molecule has 3 amide bonds. The SMILES string of the molecule is COC(=O)NC[C@H]1CN(c2ccc(N3CCN(c4ccc(/C=C5/SC(=S)NC5=O)cc4)CC3)c(F)c2)C(=O)O1. The summed E-state index contributed by atoms with van der Waals surface area (Å²) in [7, 11) is 1.25. The summed E-state index contributed by atoms with van der Waals surface area (Å²) in [4.78, 5) is 41.6. The molecule has 10 nitrogen and oxygen atoms in total. The van der Waals surface area contributed by atoms with Gasteiger partial charge in [-0.2, -0.15) is 0 Å². The number of nitrogens with one attached hydrogen (secondary N) is 2. The van der Waals surface area contributed by atoms with Gasteiger partial charge in [0.05, 0.1) is 36.5 Å². The average molecular weight is 572 g/mol. The number of thiocarbonyl (C=S) groups is 1. The first-order valence-corrected chi connectivity index (χ1v) is 13.5. The van der Waals surface area contributed by atoms with Crippen molar-refractivity contribution >= 4 is 69.5 Å². The largest absolute Gasteiger partial charge is 0.453 e. The van der Waals surface area contributed by atoms with E-state index < -0.39 is 24.1 Å². The minimum atomic E-state index is -0.617. The van der Waals surface area contributed by atoms with Crippen molar-refractivity contribution in [3.8, 4) is 0 Å². The average Bonchev–Trinajstić information content (AvgIpc) is 3.47. The van der Waals surface area contributed by atoms with Gasteiger partial charge >= 0.3 is 12.2 Å². The minimum Gasteiger partial charge on any atom is -0.453 e. The first-order chi connectivity index (χ1) is 18.8. The molecule has 3 aliphatic heterocycles. The number of nitrogens with zero attached hydrogens (tertiary/aromatic N) is 3. The van der Waals surface area contributed by atoms with Crippen molar-refractivity contribution in [1.82, 2.24) is 10.6 Å². The highest BCUT2D eigenvalue weighted by molar-refractivity contribution is 8.26. The Morgan fingerprint density at radius 1 is 1.15 bits per heavy atom. The number of cyclic esters (lactones) is 1. The molecule has 2 N–H and O–H groups in total. The Balaban J connectivity index is 1.17. The fraction of sp³-hybridized carbons (Fsp3) is 0.308. The summed E-state index contributed by atoms with van der Waals surface area (Å²) in [6, 6.07) is 12.7. The van der Waals surface area contributed by atoms with Crippen LogP contribution in [0.15, 0.2) is 47.4 Å². The first kappa shape index (κ1) is 26.8. The molecule has 39 heavy (non-hydrogen) atoms. The van der Waals surface area contributed by atoms with Crippen LogP contribution in [0.3, 0.4) is 0 Å². The van der Waals surface area contributed by atoms with Crippen LogP contribution in [0, 0.1) is 5.82 Å². The van der Waals surface area contributed by atoms with Crippen LogP contribution >= 0.6 is 24.0 Å². The van der Waals surface area contributed by atoms with E-state index >= 15 is 4.39 Å². The molecule has 0 unspecified atom stereocenters. The fourth-order valence-electron chi connectivity index (χ4n) is 4.59. The second-order valence-corrected chi connectivity index (χ2v) is 10.8. The Labute approximate surface area is 234 Å². The molecule has 0 aliphatic carbocycles. The molecule has 1 atom stereocenters. The number of hydrogen-bond donors (Lipinski definition) is 2. The standard InChI is InChI=1S/C26H26FN5O5S2/c1-36-24(34)28-14-19-15-32(26(35)37-19)18-6-7-21(20(27)13-18)31-10-8-30(9-11-31)17-4-2-16(3-5-17)12-22-23(33)29-25(38)39-22/h2-7,12-13,19H,8-11,14-15H2,1H3,(H,28,34)(H,29,33,38)/b22-12+/t19-/m0/s1. The lowest BCUT2D eigenvalue weighted by atomic mass is 10.1. The number of amides is 3. The van der Waals surface area contributed by atoms with Crippen molar-refractivity contribution in [1.29, 1.82) is 0 Å². The predicted octanol–water partition coefficient (Wildman–Crippen LogP) is 3.32. The van der Waals surface area contributed by atoms with Gasteiger partial charge in [-0.25, -0.2) is 14.0 Å². The summed E-state index contributed by atoms with van der Waals surface area (Å²) in [5, 5.41) is 5.10. The molecule has 0 saturated carbocycles. The van der Waals surface area contributed by atoms with Gasteiger partial charge in [-0.05, 0) is 42.0 Å². The molecule has 204 valence electrons. The summed E-state index contributed by atoms with van der Waals surface area (Å²) >= 11 is 6.28. The molecule has 0 bridgehead atoms. The topological polar surface area (TPSA) is 103 Å². The highest BCUT2D eigenvalue weighted by Gasteiger charge is 2.33. The van der Waals surface area contributed by atoms with Crippen LogP contribution in [0.2, 0.25) is 0 Å².